The number of nitrogen functional groups attached to an aromatic ring is 1. The molecule has 4 aromatic rings. The third-order valence-electron chi connectivity index (χ3n) is 4.96. The zero-order valence-corrected chi connectivity index (χ0v) is 19.0. The SMILES string of the molecule is CC.CC.COc1cccc2c1nc(N)n1nc(CCN3Cc4cccnc4C3)nc21. The van der Waals surface area contributed by atoms with Gasteiger partial charge in [-0.05, 0) is 23.8 Å². The normalized spacial score (nSPS) is 12.7. The van der Waals surface area contributed by atoms with Gasteiger partial charge in [0, 0.05) is 37.6 Å². The third-order valence-corrected chi connectivity index (χ3v) is 4.96. The molecule has 0 fully saturated rings. The van der Waals surface area contributed by atoms with E-state index in [1.165, 1.54) is 5.56 Å². The predicted molar refractivity (Wildman–Crippen MR) is 124 cm³/mol. The number of ether oxygens (including phenoxy) is 1. The van der Waals surface area contributed by atoms with Gasteiger partial charge in [0.25, 0.3) is 0 Å². The lowest BCUT2D eigenvalue weighted by Crippen LogP contribution is -2.20. The Labute approximate surface area is 183 Å². The molecule has 0 atom stereocenters. The lowest BCUT2D eigenvalue weighted by Gasteiger charge is -2.12. The number of aromatic nitrogens is 5. The molecule has 0 amide bonds. The molecular weight excluding hydrogens is 390 g/mol. The molecule has 164 valence electrons. The van der Waals surface area contributed by atoms with Gasteiger partial charge < -0.3 is 10.5 Å². The van der Waals surface area contributed by atoms with E-state index < -0.39 is 0 Å². The molecule has 3 aromatic heterocycles. The van der Waals surface area contributed by atoms with Crippen LogP contribution in [0.3, 0.4) is 0 Å². The molecule has 0 saturated carbocycles. The summed E-state index contributed by atoms with van der Waals surface area (Å²) in [5.74, 6) is 1.73. The van der Waals surface area contributed by atoms with Crippen molar-refractivity contribution in [1.82, 2.24) is 29.5 Å². The molecule has 5 rings (SSSR count). The van der Waals surface area contributed by atoms with E-state index in [1.54, 1.807) is 11.6 Å². The molecule has 4 heterocycles. The number of benzene rings is 1. The fraction of sp³-hybridized carbons (Fsp3) is 0.391. The van der Waals surface area contributed by atoms with Crippen LogP contribution in [0.2, 0.25) is 0 Å². The predicted octanol–water partition coefficient (Wildman–Crippen LogP) is 3.87. The highest BCUT2D eigenvalue weighted by atomic mass is 16.5. The minimum Gasteiger partial charge on any atom is -0.494 e. The van der Waals surface area contributed by atoms with Crippen LogP contribution in [0.4, 0.5) is 5.95 Å². The largest absolute Gasteiger partial charge is 0.494 e. The van der Waals surface area contributed by atoms with Crippen LogP contribution in [0.5, 0.6) is 5.75 Å². The van der Waals surface area contributed by atoms with Gasteiger partial charge >= 0.3 is 0 Å². The molecule has 1 aliphatic rings. The van der Waals surface area contributed by atoms with E-state index in [2.05, 4.69) is 26.0 Å². The van der Waals surface area contributed by atoms with Crippen LogP contribution in [0.25, 0.3) is 16.6 Å². The van der Waals surface area contributed by atoms with Crippen LogP contribution in [0.15, 0.2) is 36.5 Å². The van der Waals surface area contributed by atoms with Gasteiger partial charge in [-0.1, -0.05) is 39.8 Å². The molecule has 1 aromatic carbocycles. The first-order chi connectivity index (χ1) is 15.2. The number of methoxy groups -OCH3 is 1. The zero-order valence-electron chi connectivity index (χ0n) is 19.0. The maximum Gasteiger partial charge on any atom is 0.223 e. The highest BCUT2D eigenvalue weighted by molar-refractivity contribution is 5.95. The monoisotopic (exact) mass is 421 g/mol. The maximum atomic E-state index is 6.11. The van der Waals surface area contributed by atoms with Crippen LogP contribution < -0.4 is 10.5 Å². The Balaban J connectivity index is 0.000000645. The van der Waals surface area contributed by atoms with Crippen LogP contribution in [0, 0.1) is 0 Å². The summed E-state index contributed by atoms with van der Waals surface area (Å²) >= 11 is 0. The number of pyridine rings is 1. The maximum absolute atomic E-state index is 6.11. The molecule has 0 spiro atoms. The van der Waals surface area contributed by atoms with E-state index in [0.717, 1.165) is 43.0 Å². The van der Waals surface area contributed by atoms with Crippen molar-refractivity contribution in [3.8, 4) is 5.75 Å². The molecule has 0 radical (unpaired) electrons. The molecule has 1 aliphatic heterocycles. The zero-order chi connectivity index (χ0) is 22.4. The van der Waals surface area contributed by atoms with Gasteiger partial charge in [0.1, 0.15) is 11.3 Å². The first-order valence-electron chi connectivity index (χ1n) is 10.9. The van der Waals surface area contributed by atoms with Gasteiger partial charge in [-0.2, -0.15) is 4.52 Å². The Morgan fingerprint density at radius 2 is 1.84 bits per heavy atom. The van der Waals surface area contributed by atoms with Gasteiger partial charge in [-0.25, -0.2) is 9.97 Å². The summed E-state index contributed by atoms with van der Waals surface area (Å²) in [4.78, 5) is 16.0. The summed E-state index contributed by atoms with van der Waals surface area (Å²) in [6, 6.07) is 9.86. The quantitative estimate of drug-likeness (QED) is 0.534. The molecule has 0 bridgehead atoms. The van der Waals surface area contributed by atoms with Crippen LogP contribution in [-0.2, 0) is 19.5 Å². The van der Waals surface area contributed by atoms with Crippen molar-refractivity contribution in [3.63, 3.8) is 0 Å². The third kappa shape index (κ3) is 4.44. The van der Waals surface area contributed by atoms with Crippen molar-refractivity contribution in [2.45, 2.75) is 47.2 Å². The van der Waals surface area contributed by atoms with Crippen LogP contribution >= 0.6 is 0 Å². The Kier molecular flexibility index (Phi) is 7.36. The number of hydrogen-bond donors (Lipinski definition) is 1. The number of para-hydroxylation sites is 1. The van der Waals surface area contributed by atoms with Crippen molar-refractivity contribution in [1.29, 1.82) is 0 Å². The average molecular weight is 422 g/mol. The number of nitrogens with zero attached hydrogens (tertiary/aromatic N) is 6. The summed E-state index contributed by atoms with van der Waals surface area (Å²) in [5.41, 5.74) is 9.97. The highest BCUT2D eigenvalue weighted by Crippen LogP contribution is 2.27. The summed E-state index contributed by atoms with van der Waals surface area (Å²) in [5, 5.41) is 5.44. The highest BCUT2D eigenvalue weighted by Gasteiger charge is 2.20. The minimum absolute atomic E-state index is 0.304. The van der Waals surface area contributed by atoms with Gasteiger partial charge in [0.05, 0.1) is 12.8 Å². The molecule has 8 nitrogen and oxygen atoms in total. The van der Waals surface area contributed by atoms with E-state index in [4.69, 9.17) is 15.5 Å². The molecule has 0 saturated heterocycles. The lowest BCUT2D eigenvalue weighted by atomic mass is 10.2. The van der Waals surface area contributed by atoms with E-state index in [9.17, 15) is 0 Å². The number of nitrogens with two attached hydrogens (primary N) is 1. The second-order valence-electron chi connectivity index (χ2n) is 6.66. The summed E-state index contributed by atoms with van der Waals surface area (Å²) in [6.45, 7) is 10.6. The fourth-order valence-corrected chi connectivity index (χ4v) is 3.62. The standard InChI is InChI=1S/C19H19N7O.2C2H6/c1-27-15-6-2-5-13-17(15)23-19(20)26-18(13)22-16(24-26)7-9-25-10-12-4-3-8-21-14(12)11-25;2*1-2/h2-6,8H,7,9-11H2,1H3,(H2,20,23);2*1-2H3. The van der Waals surface area contributed by atoms with Gasteiger partial charge in [-0.3, -0.25) is 9.88 Å². The van der Waals surface area contributed by atoms with Crippen molar-refractivity contribution in [2.24, 2.45) is 0 Å². The number of fused-ring (bicyclic) bond motifs is 4. The number of rotatable bonds is 4. The molecule has 0 unspecified atom stereocenters. The Morgan fingerprint density at radius 3 is 2.58 bits per heavy atom. The van der Waals surface area contributed by atoms with E-state index >= 15 is 0 Å². The van der Waals surface area contributed by atoms with E-state index in [0.29, 0.717) is 22.9 Å². The minimum atomic E-state index is 0.304. The molecule has 8 heteroatoms. The molecular formula is C23H31N7O. The van der Waals surface area contributed by atoms with Gasteiger partial charge in [0.2, 0.25) is 5.95 Å². The number of hydrogen-bond acceptors (Lipinski definition) is 7. The van der Waals surface area contributed by atoms with E-state index in [1.807, 2.05) is 58.2 Å². The summed E-state index contributed by atoms with van der Waals surface area (Å²) in [7, 11) is 1.62. The summed E-state index contributed by atoms with van der Waals surface area (Å²) < 4.78 is 7.00. The molecule has 0 aliphatic carbocycles. The van der Waals surface area contributed by atoms with Crippen molar-refractivity contribution < 1.29 is 4.74 Å². The first kappa shape index (κ1) is 22.4. The smallest absolute Gasteiger partial charge is 0.223 e. The molecule has 2 N–H and O–H groups in total. The van der Waals surface area contributed by atoms with Crippen molar-refractivity contribution >= 4 is 22.5 Å². The second kappa shape index (κ2) is 10.2. The summed E-state index contributed by atoms with van der Waals surface area (Å²) in [6.07, 6.45) is 2.59. The Hall–Kier alpha value is -3.26. The average Bonchev–Trinajstić information content (AvgIpc) is 3.44. The van der Waals surface area contributed by atoms with Crippen molar-refractivity contribution in [3.05, 3.63) is 53.6 Å². The van der Waals surface area contributed by atoms with Gasteiger partial charge in [-0.15, -0.1) is 5.10 Å². The van der Waals surface area contributed by atoms with E-state index in [-0.39, 0.29) is 0 Å². The van der Waals surface area contributed by atoms with Gasteiger partial charge in [0.15, 0.2) is 11.5 Å². The Bertz CT molecular complexity index is 1130. The Morgan fingerprint density at radius 1 is 1.03 bits per heavy atom. The fourth-order valence-electron chi connectivity index (χ4n) is 3.62. The second-order valence-corrected chi connectivity index (χ2v) is 6.66. The number of anilines is 1. The topological polar surface area (TPSA) is 94.5 Å². The van der Waals surface area contributed by atoms with Crippen molar-refractivity contribution in [2.75, 3.05) is 19.4 Å². The lowest BCUT2D eigenvalue weighted by molar-refractivity contribution is 0.284. The first-order valence-corrected chi connectivity index (χ1v) is 10.9. The van der Waals surface area contributed by atoms with Crippen LogP contribution in [0.1, 0.15) is 44.8 Å². The van der Waals surface area contributed by atoms with Crippen LogP contribution in [-0.4, -0.2) is 43.1 Å². The molecule has 31 heavy (non-hydrogen) atoms.